The maximum absolute atomic E-state index is 13.9. The van der Waals surface area contributed by atoms with Crippen LogP contribution in [0.15, 0.2) is 79.1 Å². The van der Waals surface area contributed by atoms with Gasteiger partial charge in [0.15, 0.2) is 0 Å². The molecule has 1 fully saturated rings. The molecule has 3 atom stereocenters. The van der Waals surface area contributed by atoms with Crippen LogP contribution in [0, 0.1) is 5.41 Å². The Kier molecular flexibility index (Phi) is 11.6. The molecule has 1 saturated heterocycles. The summed E-state index contributed by atoms with van der Waals surface area (Å²) >= 11 is 0. The molecule has 1 aliphatic rings. The first-order chi connectivity index (χ1) is 22.4. The predicted molar refractivity (Wildman–Crippen MR) is 179 cm³/mol. The number of amides is 5. The van der Waals surface area contributed by atoms with E-state index in [9.17, 15) is 24.0 Å². The van der Waals surface area contributed by atoms with Crippen LogP contribution in [0.4, 0.5) is 0 Å². The van der Waals surface area contributed by atoms with Gasteiger partial charge in [-0.3, -0.25) is 33.9 Å². The number of nitrogens with one attached hydrogen (secondary N) is 3. The van der Waals surface area contributed by atoms with Crippen LogP contribution in [0.25, 0.3) is 11.1 Å². The normalized spacial score (nSPS) is 16.4. The summed E-state index contributed by atoms with van der Waals surface area (Å²) in [5.74, 6) is -2.42. The van der Waals surface area contributed by atoms with E-state index < -0.39 is 53.7 Å². The summed E-state index contributed by atoms with van der Waals surface area (Å²) in [7, 11) is 1.64. The first kappa shape index (κ1) is 35.0. The van der Waals surface area contributed by atoms with Crippen LogP contribution < -0.4 is 16.0 Å². The summed E-state index contributed by atoms with van der Waals surface area (Å²) < 4.78 is 0. The van der Waals surface area contributed by atoms with Crippen molar-refractivity contribution in [2.24, 2.45) is 5.41 Å². The van der Waals surface area contributed by atoms with Crippen molar-refractivity contribution >= 4 is 29.5 Å². The Hall–Kier alpha value is -4.90. The number of piperazine rings is 1. The molecule has 11 nitrogen and oxygen atoms in total. The molecule has 47 heavy (non-hydrogen) atoms. The first-order valence-corrected chi connectivity index (χ1v) is 15.8. The van der Waals surface area contributed by atoms with Gasteiger partial charge in [-0.05, 0) is 60.2 Å². The van der Waals surface area contributed by atoms with Crippen LogP contribution in [0.2, 0.25) is 0 Å². The van der Waals surface area contributed by atoms with Crippen molar-refractivity contribution in [1.82, 2.24) is 30.7 Å². The lowest BCUT2D eigenvalue weighted by molar-refractivity contribution is -0.161. The highest BCUT2D eigenvalue weighted by atomic mass is 16.2. The molecule has 2 aromatic carbocycles. The number of hydrogen-bond acceptors (Lipinski definition) is 7. The second kappa shape index (κ2) is 15.6. The van der Waals surface area contributed by atoms with Crippen molar-refractivity contribution in [3.8, 4) is 11.1 Å². The Morgan fingerprint density at radius 1 is 0.894 bits per heavy atom. The fourth-order valence-corrected chi connectivity index (χ4v) is 5.39. The number of hydrogen-bond donors (Lipinski definition) is 3. The first-order valence-electron chi connectivity index (χ1n) is 15.8. The van der Waals surface area contributed by atoms with E-state index in [0.29, 0.717) is 6.42 Å². The van der Waals surface area contributed by atoms with Gasteiger partial charge in [0.1, 0.15) is 18.6 Å². The van der Waals surface area contributed by atoms with Gasteiger partial charge in [-0.25, -0.2) is 0 Å². The molecule has 0 radical (unpaired) electrons. The SMILES string of the molecule is CN[C@@H](C)C(=O)N[C@H](C(=O)NCC(=O)N1CC(=O)N(CCc2ccncc2)C(=O)[C@@H]1Cc1ccc(-c2ccccc2)cc1)C(C)(C)C. The van der Waals surface area contributed by atoms with E-state index in [1.807, 2.05) is 87.5 Å². The van der Waals surface area contributed by atoms with Crippen LogP contribution in [0.5, 0.6) is 0 Å². The molecule has 5 amide bonds. The minimum atomic E-state index is -0.952. The molecule has 0 spiro atoms. The molecular formula is C36H44N6O5. The minimum Gasteiger partial charge on any atom is -0.345 e. The summed E-state index contributed by atoms with van der Waals surface area (Å²) in [6.07, 6.45) is 3.95. The number of imide groups is 1. The Morgan fingerprint density at radius 3 is 2.15 bits per heavy atom. The van der Waals surface area contributed by atoms with E-state index in [1.165, 1.54) is 9.80 Å². The summed E-state index contributed by atoms with van der Waals surface area (Å²) in [6.45, 7) is 6.53. The highest BCUT2D eigenvalue weighted by molar-refractivity contribution is 6.05. The van der Waals surface area contributed by atoms with Gasteiger partial charge in [0, 0.05) is 25.4 Å². The molecule has 3 N–H and O–H groups in total. The number of pyridine rings is 1. The Labute approximate surface area is 276 Å². The largest absolute Gasteiger partial charge is 0.345 e. The molecule has 248 valence electrons. The van der Waals surface area contributed by atoms with Crippen LogP contribution in [0.3, 0.4) is 0 Å². The van der Waals surface area contributed by atoms with E-state index in [2.05, 4.69) is 20.9 Å². The third-order valence-corrected chi connectivity index (χ3v) is 8.37. The predicted octanol–water partition coefficient (Wildman–Crippen LogP) is 2.35. The van der Waals surface area contributed by atoms with Crippen molar-refractivity contribution in [3.63, 3.8) is 0 Å². The lowest BCUT2D eigenvalue weighted by Gasteiger charge is -2.39. The van der Waals surface area contributed by atoms with Gasteiger partial charge in [-0.2, -0.15) is 0 Å². The molecular weight excluding hydrogens is 596 g/mol. The third-order valence-electron chi connectivity index (χ3n) is 8.37. The molecule has 11 heteroatoms. The maximum Gasteiger partial charge on any atom is 0.252 e. The smallest absolute Gasteiger partial charge is 0.252 e. The second-order valence-electron chi connectivity index (χ2n) is 12.8. The summed E-state index contributed by atoms with van der Waals surface area (Å²) in [4.78, 5) is 73.2. The van der Waals surface area contributed by atoms with Crippen molar-refractivity contribution in [1.29, 1.82) is 0 Å². The molecule has 2 heterocycles. The molecule has 0 saturated carbocycles. The second-order valence-corrected chi connectivity index (χ2v) is 12.8. The van der Waals surface area contributed by atoms with E-state index in [1.54, 1.807) is 26.4 Å². The molecule has 0 bridgehead atoms. The van der Waals surface area contributed by atoms with Crippen LogP contribution in [-0.2, 0) is 36.8 Å². The highest BCUT2D eigenvalue weighted by Gasteiger charge is 2.42. The van der Waals surface area contributed by atoms with Crippen LogP contribution in [-0.4, -0.2) is 89.1 Å². The summed E-state index contributed by atoms with van der Waals surface area (Å²) in [5, 5.41) is 8.24. The van der Waals surface area contributed by atoms with E-state index >= 15 is 0 Å². The Morgan fingerprint density at radius 2 is 1.53 bits per heavy atom. The topological polar surface area (TPSA) is 141 Å². The Balaban J connectivity index is 1.52. The van der Waals surface area contributed by atoms with Gasteiger partial charge in [0.2, 0.25) is 23.6 Å². The zero-order valence-electron chi connectivity index (χ0n) is 27.7. The number of likely N-dealkylation sites (N-methyl/N-ethyl adjacent to an activating group) is 1. The zero-order chi connectivity index (χ0) is 34.1. The summed E-state index contributed by atoms with van der Waals surface area (Å²) in [6, 6.07) is 18.9. The van der Waals surface area contributed by atoms with Crippen LogP contribution in [0.1, 0.15) is 38.8 Å². The molecule has 1 aliphatic heterocycles. The Bertz CT molecular complexity index is 1560. The minimum absolute atomic E-state index is 0.169. The van der Waals surface area contributed by atoms with Crippen LogP contribution >= 0.6 is 0 Å². The van der Waals surface area contributed by atoms with E-state index in [-0.39, 0.29) is 25.4 Å². The average Bonchev–Trinajstić information content (AvgIpc) is 3.07. The fourth-order valence-electron chi connectivity index (χ4n) is 5.39. The zero-order valence-corrected chi connectivity index (χ0v) is 27.7. The van der Waals surface area contributed by atoms with Gasteiger partial charge in [-0.15, -0.1) is 0 Å². The van der Waals surface area contributed by atoms with Crippen molar-refractivity contribution in [3.05, 3.63) is 90.3 Å². The third kappa shape index (κ3) is 9.10. The van der Waals surface area contributed by atoms with Gasteiger partial charge < -0.3 is 20.9 Å². The standard InChI is InChI=1S/C36H44N6O5/c1-24(37-5)33(45)40-32(36(2,3)4)34(46)39-22-30(43)42-23-31(44)41(20-17-25-15-18-38-19-16-25)35(47)29(42)21-26-11-13-28(14-12-26)27-9-7-6-8-10-27/h6-16,18-19,24,29,32,37H,17,20-23H2,1-5H3,(H,39,46)(H,40,45)/t24-,29-,32+/m0/s1. The van der Waals surface area contributed by atoms with Crippen molar-refractivity contribution < 1.29 is 24.0 Å². The molecule has 0 unspecified atom stereocenters. The molecule has 1 aromatic heterocycles. The fraction of sp³-hybridized carbons (Fsp3) is 0.389. The van der Waals surface area contributed by atoms with Gasteiger partial charge in [0.25, 0.3) is 5.91 Å². The monoisotopic (exact) mass is 640 g/mol. The van der Waals surface area contributed by atoms with Gasteiger partial charge >= 0.3 is 0 Å². The van der Waals surface area contributed by atoms with Crippen molar-refractivity contribution in [2.75, 3.05) is 26.7 Å². The number of rotatable bonds is 12. The number of aromatic nitrogens is 1. The maximum atomic E-state index is 13.9. The van der Waals surface area contributed by atoms with E-state index in [4.69, 9.17) is 0 Å². The number of nitrogens with zero attached hydrogens (tertiary/aromatic N) is 3. The lowest BCUT2D eigenvalue weighted by atomic mass is 9.86. The average molecular weight is 641 g/mol. The number of carbonyl (C=O) groups excluding carboxylic acids is 5. The van der Waals surface area contributed by atoms with Gasteiger partial charge in [-0.1, -0.05) is 75.4 Å². The quantitative estimate of drug-likeness (QED) is 0.258. The molecule has 3 aromatic rings. The van der Waals surface area contributed by atoms with E-state index in [0.717, 1.165) is 22.3 Å². The molecule has 0 aliphatic carbocycles. The number of carbonyl (C=O) groups is 5. The van der Waals surface area contributed by atoms with Crippen molar-refractivity contribution in [2.45, 2.75) is 58.7 Å². The highest BCUT2D eigenvalue weighted by Crippen LogP contribution is 2.23. The summed E-state index contributed by atoms with van der Waals surface area (Å²) in [5.41, 5.74) is 3.16. The lowest BCUT2D eigenvalue weighted by Crippen LogP contribution is -2.64. The molecule has 4 rings (SSSR count). The van der Waals surface area contributed by atoms with Gasteiger partial charge in [0.05, 0.1) is 12.6 Å². The number of benzene rings is 2.